The maximum Gasteiger partial charge on any atom is 0.267 e. The van der Waals surface area contributed by atoms with Crippen LogP contribution in [0.15, 0.2) is 83.7 Å². The maximum absolute atomic E-state index is 12.3. The van der Waals surface area contributed by atoms with E-state index in [1.807, 2.05) is 42.5 Å². The summed E-state index contributed by atoms with van der Waals surface area (Å²) in [7, 11) is 0. The van der Waals surface area contributed by atoms with Gasteiger partial charge in [0.05, 0.1) is 5.69 Å². The second kappa shape index (κ2) is 7.66. The van der Waals surface area contributed by atoms with E-state index >= 15 is 0 Å². The van der Waals surface area contributed by atoms with Gasteiger partial charge in [0.1, 0.15) is 6.54 Å². The molecule has 0 aliphatic rings. The van der Waals surface area contributed by atoms with Crippen molar-refractivity contribution in [3.8, 4) is 11.3 Å². The number of halogens is 1. The van der Waals surface area contributed by atoms with Crippen LogP contribution in [0.1, 0.15) is 0 Å². The van der Waals surface area contributed by atoms with Crippen LogP contribution < -0.4 is 10.9 Å². The lowest BCUT2D eigenvalue weighted by Gasteiger charge is -2.09. The van der Waals surface area contributed by atoms with Crippen LogP contribution >= 0.6 is 11.6 Å². The molecule has 5 nitrogen and oxygen atoms in total. The van der Waals surface area contributed by atoms with Crippen LogP contribution in [0, 0.1) is 0 Å². The smallest absolute Gasteiger partial charge is 0.267 e. The molecule has 0 aliphatic carbocycles. The molecule has 1 N–H and O–H groups in total. The zero-order valence-corrected chi connectivity index (χ0v) is 15.6. The molecule has 0 aliphatic heterocycles. The molecule has 3 aromatic carbocycles. The third-order valence-corrected chi connectivity index (χ3v) is 4.59. The number of nitrogens with zero attached hydrogens (tertiary/aromatic N) is 2. The van der Waals surface area contributed by atoms with Crippen LogP contribution in [0.3, 0.4) is 0 Å². The third kappa shape index (κ3) is 3.94. The molecule has 0 fully saturated rings. The van der Waals surface area contributed by atoms with E-state index in [2.05, 4.69) is 10.4 Å². The van der Waals surface area contributed by atoms with Crippen molar-refractivity contribution >= 4 is 34.0 Å². The number of aromatic nitrogens is 2. The Balaban J connectivity index is 1.58. The molecule has 0 saturated carbocycles. The third-order valence-electron chi connectivity index (χ3n) is 4.33. The fourth-order valence-corrected chi connectivity index (χ4v) is 3.06. The maximum atomic E-state index is 12.3. The highest BCUT2D eigenvalue weighted by atomic mass is 35.5. The van der Waals surface area contributed by atoms with Gasteiger partial charge in [0, 0.05) is 22.3 Å². The Morgan fingerprint density at radius 2 is 1.68 bits per heavy atom. The molecule has 1 amide bonds. The van der Waals surface area contributed by atoms with E-state index in [-0.39, 0.29) is 18.0 Å². The average molecular weight is 390 g/mol. The second-order valence-electron chi connectivity index (χ2n) is 6.33. The quantitative estimate of drug-likeness (QED) is 0.564. The van der Waals surface area contributed by atoms with Crippen molar-refractivity contribution in [1.29, 1.82) is 0 Å². The summed E-state index contributed by atoms with van der Waals surface area (Å²) in [5.41, 5.74) is 1.78. The number of amides is 1. The van der Waals surface area contributed by atoms with Crippen molar-refractivity contribution in [3.63, 3.8) is 0 Å². The van der Waals surface area contributed by atoms with Crippen LogP contribution in [-0.2, 0) is 11.3 Å². The van der Waals surface area contributed by atoms with Gasteiger partial charge < -0.3 is 5.32 Å². The van der Waals surface area contributed by atoms with Crippen molar-refractivity contribution in [2.45, 2.75) is 6.54 Å². The van der Waals surface area contributed by atoms with Gasteiger partial charge in [-0.15, -0.1) is 0 Å². The topological polar surface area (TPSA) is 64.0 Å². The summed E-state index contributed by atoms with van der Waals surface area (Å²) in [6.07, 6.45) is 0. The van der Waals surface area contributed by atoms with Gasteiger partial charge in [-0.2, -0.15) is 5.10 Å². The monoisotopic (exact) mass is 389 g/mol. The first-order chi connectivity index (χ1) is 13.6. The minimum atomic E-state index is -0.340. The van der Waals surface area contributed by atoms with E-state index in [9.17, 15) is 9.59 Å². The number of fused-ring (bicyclic) bond motifs is 1. The van der Waals surface area contributed by atoms with Gasteiger partial charge in [0.2, 0.25) is 5.91 Å². The molecule has 1 heterocycles. The van der Waals surface area contributed by atoms with Gasteiger partial charge in [-0.1, -0.05) is 48.0 Å². The molecule has 0 atom stereocenters. The van der Waals surface area contributed by atoms with E-state index in [4.69, 9.17) is 11.6 Å². The molecule has 4 rings (SSSR count). The van der Waals surface area contributed by atoms with Crippen LogP contribution in [0.25, 0.3) is 22.0 Å². The van der Waals surface area contributed by atoms with Gasteiger partial charge in [-0.3, -0.25) is 9.59 Å². The number of anilines is 1. The molecule has 6 heteroatoms. The molecule has 138 valence electrons. The lowest BCUT2D eigenvalue weighted by molar-refractivity contribution is -0.117. The number of nitrogens with one attached hydrogen (secondary N) is 1. The van der Waals surface area contributed by atoms with Crippen LogP contribution in [-0.4, -0.2) is 15.7 Å². The van der Waals surface area contributed by atoms with E-state index in [1.54, 1.807) is 30.3 Å². The van der Waals surface area contributed by atoms with Gasteiger partial charge >= 0.3 is 0 Å². The minimum absolute atomic E-state index is 0.178. The van der Waals surface area contributed by atoms with Gasteiger partial charge in [0.15, 0.2) is 0 Å². The number of benzene rings is 3. The van der Waals surface area contributed by atoms with Crippen LogP contribution in [0.2, 0.25) is 5.02 Å². The summed E-state index contributed by atoms with van der Waals surface area (Å²) in [4.78, 5) is 24.4. The number of hydrogen-bond donors (Lipinski definition) is 1. The van der Waals surface area contributed by atoms with Crippen LogP contribution in [0.4, 0.5) is 5.69 Å². The highest BCUT2D eigenvalue weighted by Gasteiger charge is 2.09. The molecule has 1 aromatic heterocycles. The van der Waals surface area contributed by atoms with E-state index in [0.717, 1.165) is 21.0 Å². The first-order valence-electron chi connectivity index (χ1n) is 8.71. The fraction of sp³-hybridized carbons (Fsp3) is 0.0455. The van der Waals surface area contributed by atoms with Gasteiger partial charge in [-0.25, -0.2) is 4.68 Å². The molecule has 0 unspecified atom stereocenters. The highest BCUT2D eigenvalue weighted by molar-refractivity contribution is 6.30. The molecule has 0 saturated heterocycles. The molecule has 0 bridgehead atoms. The largest absolute Gasteiger partial charge is 0.324 e. The van der Waals surface area contributed by atoms with Crippen LogP contribution in [0.5, 0.6) is 0 Å². The Morgan fingerprint density at radius 1 is 0.929 bits per heavy atom. The van der Waals surface area contributed by atoms with Crippen molar-refractivity contribution in [2.75, 3.05) is 5.32 Å². The Hall–Kier alpha value is -3.44. The van der Waals surface area contributed by atoms with E-state index in [1.165, 1.54) is 6.07 Å². The number of rotatable bonds is 4. The lowest BCUT2D eigenvalue weighted by atomic mass is 10.1. The summed E-state index contributed by atoms with van der Waals surface area (Å²) in [5.74, 6) is -0.340. The molecule has 4 aromatic rings. The second-order valence-corrected chi connectivity index (χ2v) is 6.77. The molecule has 0 radical (unpaired) electrons. The van der Waals surface area contributed by atoms with Crippen molar-refractivity contribution in [3.05, 3.63) is 94.2 Å². The van der Waals surface area contributed by atoms with Crippen molar-refractivity contribution < 1.29 is 4.79 Å². The molecule has 0 spiro atoms. The van der Waals surface area contributed by atoms with Crippen molar-refractivity contribution in [1.82, 2.24) is 9.78 Å². The summed E-state index contributed by atoms with van der Waals surface area (Å²) in [6, 6.07) is 23.8. The molecular weight excluding hydrogens is 374 g/mol. The summed E-state index contributed by atoms with van der Waals surface area (Å²) in [6.45, 7) is -0.178. The Kier molecular flexibility index (Phi) is 4.91. The zero-order chi connectivity index (χ0) is 19.5. The molecule has 28 heavy (non-hydrogen) atoms. The Morgan fingerprint density at radius 3 is 2.46 bits per heavy atom. The highest BCUT2D eigenvalue weighted by Crippen LogP contribution is 2.22. The standard InChI is InChI=1S/C22H16ClN3O2/c23-18-7-9-19(10-8-18)24-21(27)14-26-22(28)12-11-20(25-26)17-6-5-15-3-1-2-4-16(15)13-17/h1-13H,14H2,(H,24,27). The summed E-state index contributed by atoms with van der Waals surface area (Å²) < 4.78 is 1.16. The predicted octanol–water partition coefficient (Wildman–Crippen LogP) is 4.36. The van der Waals surface area contributed by atoms with Gasteiger partial charge in [-0.05, 0) is 47.2 Å². The van der Waals surface area contributed by atoms with Gasteiger partial charge in [0.25, 0.3) is 5.56 Å². The van der Waals surface area contributed by atoms with E-state index < -0.39 is 0 Å². The SMILES string of the molecule is O=C(Cn1nc(-c2ccc3ccccc3c2)ccc1=O)Nc1ccc(Cl)cc1. The van der Waals surface area contributed by atoms with E-state index in [0.29, 0.717) is 16.4 Å². The average Bonchev–Trinajstić information content (AvgIpc) is 2.71. The first kappa shape index (κ1) is 17.9. The molecular formula is C22H16ClN3O2. The Bertz CT molecular complexity index is 1220. The lowest BCUT2D eigenvalue weighted by Crippen LogP contribution is -2.29. The predicted molar refractivity (Wildman–Crippen MR) is 112 cm³/mol. The fourth-order valence-electron chi connectivity index (χ4n) is 2.93. The van der Waals surface area contributed by atoms with Crippen molar-refractivity contribution in [2.24, 2.45) is 0 Å². The Labute approximate surface area is 166 Å². The number of carbonyl (C=O) groups excluding carboxylic acids is 1. The summed E-state index contributed by atoms with van der Waals surface area (Å²) in [5, 5.41) is 9.89. The number of carbonyl (C=O) groups is 1. The normalized spacial score (nSPS) is 10.8. The number of hydrogen-bond acceptors (Lipinski definition) is 3. The first-order valence-corrected chi connectivity index (χ1v) is 9.09. The zero-order valence-electron chi connectivity index (χ0n) is 14.8. The minimum Gasteiger partial charge on any atom is -0.324 e. The summed E-state index contributed by atoms with van der Waals surface area (Å²) >= 11 is 5.84.